The van der Waals surface area contributed by atoms with Crippen LogP contribution in [-0.2, 0) is 113 Å². The standard InChI is InChI=1S/C51H73N21O23S5/c52-99(92,93)50-67-65-48(97-50)61-36(75)14-7-9-26-23-71(69-63-26)17-5-2-12-34(73)55-30(20-39(79)80)44(87)58-29(19-38(77)78)42(85)54-16-4-1-11-28(43(86)60-33(25-96)47(90)91)57-46(89)32(22-41(83)84)59-45(88)31(21-40(81)82)56-35(74)13-3-6-18-72-24-27(64-70-72)10-8-15-37(76)62-49-66-68-51(98-49)100(53,94)95/h23-24,28-33,96H,1-22,25H2,(H,54,85)(H,55,73)(H,56,74)(H,57,89)(H,58,87)(H,59,88)(H,60,86)(H,77,78)(H,79,80)(H,81,82)(H,83,84)(H,90,91)(H2,52,92,93)(H2,53,94,95)(H,61,65,75)(H,62,66,76)/t28-,29-,30-,31-,32-,33-/m0/s1. The molecule has 6 atom stereocenters. The van der Waals surface area contributed by atoms with Crippen LogP contribution in [-0.4, -0.2) is 224 Å². The summed E-state index contributed by atoms with van der Waals surface area (Å²) < 4.78 is 47.6. The Morgan fingerprint density at radius 3 is 1.17 bits per heavy atom. The summed E-state index contributed by atoms with van der Waals surface area (Å²) in [4.78, 5) is 177. The van der Waals surface area contributed by atoms with Crippen molar-refractivity contribution in [3.63, 3.8) is 0 Å². The fourth-order valence-electron chi connectivity index (χ4n) is 8.64. The van der Waals surface area contributed by atoms with E-state index in [4.69, 9.17) is 10.3 Å². The third-order valence-electron chi connectivity index (χ3n) is 13.5. The number of rotatable bonds is 48. The van der Waals surface area contributed by atoms with Crippen LogP contribution in [0.4, 0.5) is 10.3 Å². The molecule has 0 spiro atoms. The number of carboxylic acid groups (broad SMARTS) is 5. The number of primary sulfonamides is 2. The van der Waals surface area contributed by atoms with E-state index in [1.807, 2.05) is 0 Å². The van der Waals surface area contributed by atoms with Crippen molar-refractivity contribution in [1.29, 1.82) is 0 Å². The Balaban J connectivity index is 1.26. The minimum Gasteiger partial charge on any atom is -0.481 e. The predicted octanol–water partition coefficient (Wildman–Crippen LogP) is -5.06. The van der Waals surface area contributed by atoms with Crippen LogP contribution < -0.4 is 58.1 Å². The molecule has 550 valence electrons. The quantitative estimate of drug-likeness (QED) is 0.0112. The number of aryl methyl sites for hydroxylation is 4. The Hall–Kier alpha value is -9.85. The number of unbranched alkanes of at least 4 members (excludes halogenated alkanes) is 3. The number of carbonyl (C=O) groups is 14. The second-order valence-corrected chi connectivity index (χ2v) is 27.5. The van der Waals surface area contributed by atoms with Gasteiger partial charge in [-0.25, -0.2) is 31.9 Å². The lowest BCUT2D eigenvalue weighted by atomic mass is 10.1. The fraction of sp³-hybridized carbons (Fsp3) is 0.569. The number of nitrogens with one attached hydrogen (secondary N) is 9. The van der Waals surface area contributed by atoms with Gasteiger partial charge in [0, 0.05) is 63.5 Å². The van der Waals surface area contributed by atoms with Gasteiger partial charge in [0.05, 0.1) is 37.1 Å². The molecule has 9 amide bonds. The van der Waals surface area contributed by atoms with Crippen LogP contribution in [0.25, 0.3) is 0 Å². The highest BCUT2D eigenvalue weighted by molar-refractivity contribution is 7.91. The minimum atomic E-state index is -4.10. The first kappa shape index (κ1) is 82.6. The molecule has 4 aromatic heterocycles. The summed E-state index contributed by atoms with van der Waals surface area (Å²) >= 11 is 5.07. The largest absolute Gasteiger partial charge is 0.481 e. The van der Waals surface area contributed by atoms with Crippen LogP contribution in [0.3, 0.4) is 0 Å². The third kappa shape index (κ3) is 31.3. The number of sulfonamides is 2. The first-order valence-corrected chi connectivity index (χ1v) is 35.3. The third-order valence-corrected chi connectivity index (χ3v) is 18.1. The Labute approximate surface area is 580 Å². The number of nitrogens with zero attached hydrogens (tertiary/aromatic N) is 10. The van der Waals surface area contributed by atoms with E-state index in [0.717, 1.165) is 0 Å². The van der Waals surface area contributed by atoms with Gasteiger partial charge in [0.1, 0.15) is 36.3 Å². The van der Waals surface area contributed by atoms with Gasteiger partial charge in [0.15, 0.2) is 0 Å². The second kappa shape index (κ2) is 40.9. The Bertz CT molecular complexity index is 3810. The molecule has 0 bridgehead atoms. The molecule has 0 aliphatic carbocycles. The lowest BCUT2D eigenvalue weighted by Gasteiger charge is -2.25. The summed E-state index contributed by atoms with van der Waals surface area (Å²) in [6.07, 6.45) is 0.0899. The highest BCUT2D eigenvalue weighted by Gasteiger charge is 2.34. The summed E-state index contributed by atoms with van der Waals surface area (Å²) in [5, 5.41) is 108. The van der Waals surface area contributed by atoms with E-state index < -0.39 is 186 Å². The molecule has 4 rings (SSSR count). The van der Waals surface area contributed by atoms with Crippen molar-refractivity contribution < 1.29 is 109 Å². The highest BCUT2D eigenvalue weighted by Crippen LogP contribution is 2.21. The summed E-state index contributed by atoms with van der Waals surface area (Å²) in [5.41, 5.74) is 1.03. The molecule has 0 saturated heterocycles. The van der Waals surface area contributed by atoms with E-state index in [9.17, 15) is 109 Å². The van der Waals surface area contributed by atoms with E-state index in [-0.39, 0.29) is 81.3 Å². The highest BCUT2D eigenvalue weighted by atomic mass is 32.3. The minimum absolute atomic E-state index is 0.00227. The molecule has 0 fully saturated rings. The normalized spacial score (nSPS) is 13.2. The molecule has 0 aliphatic heterocycles. The number of carboxylic acids is 5. The molecule has 4 aromatic rings. The van der Waals surface area contributed by atoms with Gasteiger partial charge >= 0.3 is 29.8 Å². The Kier molecular flexibility index (Phi) is 33.8. The molecule has 18 N–H and O–H groups in total. The molecule has 4 heterocycles. The van der Waals surface area contributed by atoms with Crippen molar-refractivity contribution in [2.45, 2.75) is 180 Å². The Morgan fingerprint density at radius 2 is 0.800 bits per heavy atom. The maximum Gasteiger partial charge on any atom is 0.327 e. The van der Waals surface area contributed by atoms with E-state index >= 15 is 0 Å². The van der Waals surface area contributed by atoms with Crippen molar-refractivity contribution in [2.75, 3.05) is 22.9 Å². The number of nitrogens with two attached hydrogens (primary N) is 2. The van der Waals surface area contributed by atoms with Crippen LogP contribution >= 0.6 is 35.3 Å². The van der Waals surface area contributed by atoms with Gasteiger partial charge in [-0.05, 0) is 70.6 Å². The molecule has 49 heteroatoms. The maximum absolute atomic E-state index is 13.8. The number of aliphatic carboxylic acids is 5. The summed E-state index contributed by atoms with van der Waals surface area (Å²) in [5.74, 6) is -17.2. The van der Waals surface area contributed by atoms with Gasteiger partial charge in [0.25, 0.3) is 20.0 Å². The molecule has 44 nitrogen and oxygen atoms in total. The zero-order valence-corrected chi connectivity index (χ0v) is 56.8. The molecular weight excluding hydrogens is 1440 g/mol. The SMILES string of the molecule is NS(=O)(=O)c1nnc(NC(=O)CCCc2cn(CCCCC(=O)N[C@@H](CC(=O)O)C(=O)N[C@@H](CC(=O)O)C(=O)NCCCC[C@H](NC(=O)[C@H](CC(=O)O)NC(=O)[C@H](CC(=O)O)NC(=O)CCCCn3cc(CCCC(=O)Nc4nnc(S(N)(=O)=O)s4)nn3)C(=O)N[C@@H](CS)C(=O)O)nn2)s1. The van der Waals surface area contributed by atoms with Crippen LogP contribution in [0.15, 0.2) is 21.1 Å². The fourth-order valence-corrected chi connectivity index (χ4v) is 11.6. The first-order valence-electron chi connectivity index (χ1n) is 30.0. The van der Waals surface area contributed by atoms with Crippen molar-refractivity contribution in [3.05, 3.63) is 23.8 Å². The molecule has 0 saturated carbocycles. The van der Waals surface area contributed by atoms with E-state index in [1.54, 1.807) is 12.4 Å². The van der Waals surface area contributed by atoms with Crippen molar-refractivity contribution in [1.82, 2.24) is 87.6 Å². The van der Waals surface area contributed by atoms with Crippen LogP contribution in [0.2, 0.25) is 0 Å². The average Bonchev–Trinajstić information content (AvgIpc) is 1.79. The van der Waals surface area contributed by atoms with Gasteiger partial charge < -0.3 is 73.4 Å². The van der Waals surface area contributed by atoms with Crippen molar-refractivity contribution in [3.8, 4) is 0 Å². The molecular formula is C51H73N21O23S5. The van der Waals surface area contributed by atoms with Gasteiger partial charge in [-0.3, -0.25) is 71.7 Å². The topological polar surface area (TPSA) is 682 Å². The molecule has 100 heavy (non-hydrogen) atoms. The van der Waals surface area contributed by atoms with Gasteiger partial charge in [0.2, 0.25) is 72.1 Å². The first-order chi connectivity index (χ1) is 47.1. The molecule has 0 aromatic carbocycles. The zero-order valence-electron chi connectivity index (χ0n) is 52.7. The number of amides is 9. The lowest BCUT2D eigenvalue weighted by Crippen LogP contribution is -2.58. The predicted molar refractivity (Wildman–Crippen MR) is 342 cm³/mol. The number of hydrogen-bond donors (Lipinski definition) is 17. The monoisotopic (exact) mass is 1510 g/mol. The molecule has 0 aliphatic rings. The second-order valence-electron chi connectivity index (χ2n) is 21.7. The van der Waals surface area contributed by atoms with Gasteiger partial charge in [-0.15, -0.1) is 30.6 Å². The van der Waals surface area contributed by atoms with E-state index in [1.165, 1.54) is 9.36 Å². The Morgan fingerprint density at radius 1 is 0.440 bits per heavy atom. The summed E-state index contributed by atoms with van der Waals surface area (Å²) in [6, 6.07) is -11.0. The number of thiol groups is 1. The number of aromatic nitrogens is 10. The average molecular weight is 1510 g/mol. The number of hydrogen-bond acceptors (Lipinski definition) is 29. The van der Waals surface area contributed by atoms with Crippen LogP contribution in [0.1, 0.15) is 121 Å². The van der Waals surface area contributed by atoms with Crippen molar-refractivity contribution >= 4 is 149 Å². The number of carbonyl (C=O) groups excluding carboxylic acids is 9. The maximum atomic E-state index is 13.8. The molecule has 0 unspecified atom stereocenters. The van der Waals surface area contributed by atoms with Crippen LogP contribution in [0, 0.1) is 0 Å². The van der Waals surface area contributed by atoms with Crippen LogP contribution in [0.5, 0.6) is 0 Å². The zero-order chi connectivity index (χ0) is 74.3. The lowest BCUT2D eigenvalue weighted by molar-refractivity contribution is -0.143. The smallest absolute Gasteiger partial charge is 0.327 e. The van der Waals surface area contributed by atoms with Gasteiger partial charge in [-0.1, -0.05) is 33.1 Å². The van der Waals surface area contributed by atoms with Crippen molar-refractivity contribution in [2.24, 2.45) is 10.3 Å². The van der Waals surface area contributed by atoms with E-state index in [2.05, 4.69) is 101 Å². The van der Waals surface area contributed by atoms with E-state index in [0.29, 0.717) is 72.6 Å². The molecule has 0 radical (unpaired) electrons. The number of anilines is 2. The summed E-state index contributed by atoms with van der Waals surface area (Å²) in [7, 11) is -8.19. The summed E-state index contributed by atoms with van der Waals surface area (Å²) in [6.45, 7) is 0.172. The van der Waals surface area contributed by atoms with Gasteiger partial charge in [-0.2, -0.15) is 12.6 Å².